The minimum absolute atomic E-state index is 0.173. The Hall–Kier alpha value is -2.12. The van der Waals surface area contributed by atoms with Crippen molar-refractivity contribution in [3.05, 3.63) is 18.2 Å². The number of nitrogens with zero attached hydrogens (tertiary/aromatic N) is 3. The van der Waals surface area contributed by atoms with Gasteiger partial charge < -0.3 is 14.4 Å². The highest BCUT2D eigenvalue weighted by Gasteiger charge is 2.44. The molecule has 0 N–H and O–H groups in total. The van der Waals surface area contributed by atoms with Crippen LogP contribution in [0, 0.1) is 0 Å². The minimum Gasteiger partial charge on any atom is -0.497 e. The SMILES string of the molecule is COc1ccc(N2C(=O)C[C@H](N3CCN(C)CC3)C2=O)c(OC)c1. The summed E-state index contributed by atoms with van der Waals surface area (Å²) in [6, 6.07) is 4.72. The molecule has 3 rings (SSSR count). The number of rotatable bonds is 4. The van der Waals surface area contributed by atoms with Crippen molar-refractivity contribution in [1.29, 1.82) is 0 Å². The van der Waals surface area contributed by atoms with Crippen molar-refractivity contribution in [3.8, 4) is 11.5 Å². The summed E-state index contributed by atoms with van der Waals surface area (Å²) in [5, 5.41) is 0. The second-order valence-corrected chi connectivity index (χ2v) is 6.16. The molecule has 0 spiro atoms. The molecule has 2 saturated heterocycles. The van der Waals surface area contributed by atoms with Gasteiger partial charge in [0.2, 0.25) is 5.91 Å². The van der Waals surface area contributed by atoms with Gasteiger partial charge in [0.25, 0.3) is 5.91 Å². The Labute approximate surface area is 141 Å². The molecule has 7 heteroatoms. The van der Waals surface area contributed by atoms with E-state index in [1.165, 1.54) is 12.0 Å². The van der Waals surface area contributed by atoms with Gasteiger partial charge in [-0.2, -0.15) is 0 Å². The third-order valence-electron chi connectivity index (χ3n) is 4.73. The first-order chi connectivity index (χ1) is 11.5. The summed E-state index contributed by atoms with van der Waals surface area (Å²) in [5.74, 6) is 0.709. The maximum absolute atomic E-state index is 12.9. The lowest BCUT2D eigenvalue weighted by Crippen LogP contribution is -2.51. The first-order valence-electron chi connectivity index (χ1n) is 8.06. The number of amides is 2. The summed E-state index contributed by atoms with van der Waals surface area (Å²) in [5.41, 5.74) is 0.477. The molecule has 24 heavy (non-hydrogen) atoms. The number of likely N-dealkylation sites (N-methyl/N-ethyl adjacent to an activating group) is 1. The largest absolute Gasteiger partial charge is 0.497 e. The molecular weight excluding hydrogens is 310 g/mol. The Balaban J connectivity index is 1.84. The van der Waals surface area contributed by atoms with E-state index >= 15 is 0 Å². The zero-order valence-electron chi connectivity index (χ0n) is 14.3. The molecule has 2 fully saturated rings. The number of ether oxygens (including phenoxy) is 2. The zero-order valence-corrected chi connectivity index (χ0v) is 14.3. The fourth-order valence-corrected chi connectivity index (χ4v) is 3.26. The number of carbonyl (C=O) groups excluding carboxylic acids is 2. The standard InChI is InChI=1S/C17H23N3O4/c1-18-6-8-19(9-7-18)14-11-16(21)20(17(14)22)13-5-4-12(23-2)10-15(13)24-3/h4-5,10,14H,6-9,11H2,1-3H3/t14-/m0/s1. The van der Waals surface area contributed by atoms with Crippen LogP contribution in [0.5, 0.6) is 11.5 Å². The van der Waals surface area contributed by atoms with Crippen LogP contribution >= 0.6 is 0 Å². The first-order valence-corrected chi connectivity index (χ1v) is 8.06. The lowest BCUT2D eigenvalue weighted by Gasteiger charge is -2.35. The number of imide groups is 1. The van der Waals surface area contributed by atoms with Gasteiger partial charge in [0.1, 0.15) is 11.5 Å². The van der Waals surface area contributed by atoms with E-state index < -0.39 is 0 Å². The quantitative estimate of drug-likeness (QED) is 0.752. The third-order valence-corrected chi connectivity index (χ3v) is 4.73. The van der Waals surface area contributed by atoms with Gasteiger partial charge in [0, 0.05) is 32.2 Å². The average molecular weight is 333 g/mol. The van der Waals surface area contributed by atoms with Crippen molar-refractivity contribution in [2.24, 2.45) is 0 Å². The third kappa shape index (κ3) is 2.97. The molecule has 1 atom stereocenters. The van der Waals surface area contributed by atoms with E-state index in [0.29, 0.717) is 17.2 Å². The van der Waals surface area contributed by atoms with Gasteiger partial charge in [-0.25, -0.2) is 4.90 Å². The van der Waals surface area contributed by atoms with Crippen LogP contribution in [0.1, 0.15) is 6.42 Å². The van der Waals surface area contributed by atoms with Gasteiger partial charge in [-0.05, 0) is 19.2 Å². The molecule has 0 unspecified atom stereocenters. The summed E-state index contributed by atoms with van der Waals surface area (Å²) in [6.45, 7) is 3.41. The van der Waals surface area contributed by atoms with Gasteiger partial charge in [0.15, 0.2) is 0 Å². The second-order valence-electron chi connectivity index (χ2n) is 6.16. The number of piperazine rings is 1. The molecule has 1 aromatic carbocycles. The molecule has 0 radical (unpaired) electrons. The van der Waals surface area contributed by atoms with E-state index in [2.05, 4.69) is 16.8 Å². The fraction of sp³-hybridized carbons (Fsp3) is 0.529. The molecule has 2 aliphatic rings. The normalized spacial score (nSPS) is 23.0. The molecule has 0 aromatic heterocycles. The first kappa shape index (κ1) is 16.7. The van der Waals surface area contributed by atoms with E-state index in [0.717, 1.165) is 26.2 Å². The average Bonchev–Trinajstić information content (AvgIpc) is 2.89. The van der Waals surface area contributed by atoms with Gasteiger partial charge in [0.05, 0.1) is 32.4 Å². The van der Waals surface area contributed by atoms with Gasteiger partial charge >= 0.3 is 0 Å². The second kappa shape index (κ2) is 6.78. The highest BCUT2D eigenvalue weighted by atomic mass is 16.5. The van der Waals surface area contributed by atoms with Crippen molar-refractivity contribution in [2.45, 2.75) is 12.5 Å². The van der Waals surface area contributed by atoms with Crippen LogP contribution in [0.25, 0.3) is 0 Å². The molecular formula is C17H23N3O4. The van der Waals surface area contributed by atoms with Gasteiger partial charge in [-0.15, -0.1) is 0 Å². The minimum atomic E-state index is -0.377. The van der Waals surface area contributed by atoms with Crippen LogP contribution in [-0.4, -0.2) is 75.1 Å². The molecule has 0 bridgehead atoms. The maximum Gasteiger partial charge on any atom is 0.251 e. The molecule has 0 saturated carbocycles. The number of anilines is 1. The van der Waals surface area contributed by atoms with Crippen LogP contribution in [0.15, 0.2) is 18.2 Å². The Bertz CT molecular complexity index is 641. The summed E-state index contributed by atoms with van der Waals surface area (Å²) in [4.78, 5) is 31.0. The Morgan fingerprint density at radius 1 is 1.04 bits per heavy atom. The molecule has 2 amide bonds. The maximum atomic E-state index is 12.9. The molecule has 1 aromatic rings. The Kier molecular flexibility index (Phi) is 4.73. The number of hydrogen-bond acceptors (Lipinski definition) is 6. The van der Waals surface area contributed by atoms with E-state index in [1.54, 1.807) is 25.3 Å². The summed E-state index contributed by atoms with van der Waals surface area (Å²) >= 11 is 0. The van der Waals surface area contributed by atoms with Gasteiger partial charge in [-0.1, -0.05) is 0 Å². The fourth-order valence-electron chi connectivity index (χ4n) is 3.26. The highest BCUT2D eigenvalue weighted by molar-refractivity contribution is 6.23. The van der Waals surface area contributed by atoms with Crippen molar-refractivity contribution in [3.63, 3.8) is 0 Å². The number of hydrogen-bond donors (Lipinski definition) is 0. The molecule has 2 aliphatic heterocycles. The molecule has 2 heterocycles. The lowest BCUT2D eigenvalue weighted by atomic mass is 10.2. The van der Waals surface area contributed by atoms with Crippen molar-refractivity contribution in [2.75, 3.05) is 52.3 Å². The molecule has 130 valence electrons. The monoisotopic (exact) mass is 333 g/mol. The topological polar surface area (TPSA) is 62.3 Å². The van der Waals surface area contributed by atoms with E-state index in [-0.39, 0.29) is 24.3 Å². The van der Waals surface area contributed by atoms with E-state index in [4.69, 9.17) is 9.47 Å². The Morgan fingerprint density at radius 3 is 2.38 bits per heavy atom. The number of benzene rings is 1. The van der Waals surface area contributed by atoms with Crippen LogP contribution in [-0.2, 0) is 9.59 Å². The lowest BCUT2D eigenvalue weighted by molar-refractivity contribution is -0.123. The van der Waals surface area contributed by atoms with Crippen LogP contribution in [0.2, 0.25) is 0 Å². The predicted octanol–water partition coefficient (Wildman–Crippen LogP) is 0.583. The summed E-state index contributed by atoms with van der Waals surface area (Å²) < 4.78 is 10.5. The number of methoxy groups -OCH3 is 2. The predicted molar refractivity (Wildman–Crippen MR) is 89.5 cm³/mol. The molecule has 0 aliphatic carbocycles. The van der Waals surface area contributed by atoms with Crippen molar-refractivity contribution >= 4 is 17.5 Å². The van der Waals surface area contributed by atoms with E-state index in [1.807, 2.05) is 0 Å². The van der Waals surface area contributed by atoms with Gasteiger partial charge in [-0.3, -0.25) is 14.5 Å². The van der Waals surface area contributed by atoms with E-state index in [9.17, 15) is 9.59 Å². The summed E-state index contributed by atoms with van der Waals surface area (Å²) in [7, 11) is 5.14. The number of carbonyl (C=O) groups is 2. The van der Waals surface area contributed by atoms with Crippen LogP contribution in [0.4, 0.5) is 5.69 Å². The van der Waals surface area contributed by atoms with Crippen molar-refractivity contribution < 1.29 is 19.1 Å². The smallest absolute Gasteiger partial charge is 0.251 e. The zero-order chi connectivity index (χ0) is 17.3. The van der Waals surface area contributed by atoms with Crippen LogP contribution in [0.3, 0.4) is 0 Å². The highest BCUT2D eigenvalue weighted by Crippen LogP contribution is 2.36. The summed E-state index contributed by atoms with van der Waals surface area (Å²) in [6.07, 6.45) is 0.220. The van der Waals surface area contributed by atoms with Crippen LogP contribution < -0.4 is 14.4 Å². The molecule has 7 nitrogen and oxygen atoms in total. The Morgan fingerprint density at radius 2 is 1.75 bits per heavy atom. The van der Waals surface area contributed by atoms with Crippen molar-refractivity contribution in [1.82, 2.24) is 9.80 Å².